The molecule has 0 fully saturated rings. The van der Waals surface area contributed by atoms with Gasteiger partial charge in [-0.25, -0.2) is 0 Å². The van der Waals surface area contributed by atoms with E-state index in [4.69, 9.17) is 4.74 Å². The van der Waals surface area contributed by atoms with Crippen molar-refractivity contribution in [2.24, 2.45) is 0 Å². The second-order valence-corrected chi connectivity index (χ2v) is 4.25. The van der Waals surface area contributed by atoms with Gasteiger partial charge in [0.15, 0.2) is 0 Å². The molecule has 0 spiro atoms. The largest absolute Gasteiger partial charge is 0.382 e. The van der Waals surface area contributed by atoms with Gasteiger partial charge >= 0.3 is 0 Å². The molecule has 0 unspecified atom stereocenters. The van der Waals surface area contributed by atoms with Crippen LogP contribution in [0.5, 0.6) is 0 Å². The first kappa shape index (κ1) is 20.6. The summed E-state index contributed by atoms with van der Waals surface area (Å²) in [6.07, 6.45) is 0. The first-order valence-corrected chi connectivity index (χ1v) is 7.99. The van der Waals surface area contributed by atoms with Crippen molar-refractivity contribution in [2.75, 3.05) is 13.2 Å². The molecule has 0 saturated heterocycles. The molecule has 0 radical (unpaired) electrons. The minimum atomic E-state index is 0.844. The van der Waals surface area contributed by atoms with Gasteiger partial charge in [0.2, 0.25) is 0 Å². The Balaban J connectivity index is 0.000000282. The lowest BCUT2D eigenvalue weighted by Gasteiger charge is -1.86. The highest BCUT2D eigenvalue weighted by Crippen LogP contribution is 1.81. The molecule has 1 nitrogen and oxygen atoms in total. The van der Waals surface area contributed by atoms with E-state index < -0.39 is 0 Å². The van der Waals surface area contributed by atoms with Crippen LogP contribution < -0.4 is 0 Å². The third kappa shape index (κ3) is 19.6. The van der Waals surface area contributed by atoms with Gasteiger partial charge in [0.1, 0.15) is 0 Å². The van der Waals surface area contributed by atoms with E-state index in [-0.39, 0.29) is 0 Å². The molecule has 0 amide bonds. The van der Waals surface area contributed by atoms with Crippen LogP contribution in [0.2, 0.25) is 0 Å². The highest BCUT2D eigenvalue weighted by atomic mass is 16.5. The summed E-state index contributed by atoms with van der Waals surface area (Å²) in [5.41, 5.74) is 0. The standard InChI is InChI=1S/3C6H6.C4H10O/c3*1-2-4-6-5-3-1;1-3-5-4-2/h3*1-6H;3-4H2,1-2H3. The monoisotopic (exact) mass is 308 g/mol. The van der Waals surface area contributed by atoms with Crippen molar-refractivity contribution in [1.82, 2.24) is 0 Å². The molecule has 0 bridgehead atoms. The maximum Gasteiger partial charge on any atom is 0.0437 e. The molecule has 0 aromatic heterocycles. The lowest BCUT2D eigenvalue weighted by atomic mass is 10.4. The van der Waals surface area contributed by atoms with E-state index in [1.165, 1.54) is 0 Å². The number of hydrogen-bond acceptors (Lipinski definition) is 1. The molecule has 0 N–H and O–H groups in total. The van der Waals surface area contributed by atoms with Crippen LogP contribution in [0, 0.1) is 0 Å². The van der Waals surface area contributed by atoms with Crippen LogP contribution in [0.3, 0.4) is 0 Å². The molecule has 0 heterocycles. The second kappa shape index (κ2) is 19.6. The SMILES string of the molecule is CCOCC.c1ccccc1.c1ccccc1.c1ccccc1. The van der Waals surface area contributed by atoms with E-state index in [0.717, 1.165) is 13.2 Å². The first-order valence-electron chi connectivity index (χ1n) is 7.99. The highest BCUT2D eigenvalue weighted by Gasteiger charge is 1.64. The first-order chi connectivity index (χ1) is 11.4. The van der Waals surface area contributed by atoms with Gasteiger partial charge in [-0.1, -0.05) is 109 Å². The maximum absolute atomic E-state index is 4.83. The number of benzene rings is 3. The number of hydrogen-bond donors (Lipinski definition) is 0. The summed E-state index contributed by atoms with van der Waals surface area (Å²) in [4.78, 5) is 0. The van der Waals surface area contributed by atoms with Gasteiger partial charge in [0.05, 0.1) is 0 Å². The Morgan fingerprint density at radius 3 is 0.522 bits per heavy atom. The van der Waals surface area contributed by atoms with Crippen LogP contribution in [-0.2, 0) is 4.74 Å². The zero-order valence-electron chi connectivity index (χ0n) is 14.2. The van der Waals surface area contributed by atoms with Crippen molar-refractivity contribution in [1.29, 1.82) is 0 Å². The molecule has 0 aliphatic carbocycles. The summed E-state index contributed by atoms with van der Waals surface area (Å²) in [6, 6.07) is 36.0. The molecule has 0 atom stereocenters. The van der Waals surface area contributed by atoms with Gasteiger partial charge < -0.3 is 4.74 Å². The zero-order valence-corrected chi connectivity index (χ0v) is 14.2. The molecule has 23 heavy (non-hydrogen) atoms. The molecule has 1 heteroatoms. The molecule has 0 aliphatic rings. The van der Waals surface area contributed by atoms with Gasteiger partial charge in [0.25, 0.3) is 0 Å². The Kier molecular flexibility index (Phi) is 17.6. The zero-order chi connectivity index (χ0) is 16.8. The van der Waals surface area contributed by atoms with E-state index >= 15 is 0 Å². The van der Waals surface area contributed by atoms with E-state index in [2.05, 4.69) is 0 Å². The predicted octanol–water partition coefficient (Wildman–Crippen LogP) is 6.10. The van der Waals surface area contributed by atoms with Gasteiger partial charge in [-0.3, -0.25) is 0 Å². The van der Waals surface area contributed by atoms with Crippen LogP contribution in [0.1, 0.15) is 13.8 Å². The van der Waals surface area contributed by atoms with Crippen molar-refractivity contribution >= 4 is 0 Å². The molecular weight excluding hydrogens is 280 g/mol. The molecule has 3 rings (SSSR count). The van der Waals surface area contributed by atoms with Crippen molar-refractivity contribution in [2.45, 2.75) is 13.8 Å². The predicted molar refractivity (Wildman–Crippen MR) is 101 cm³/mol. The van der Waals surface area contributed by atoms with Crippen molar-refractivity contribution < 1.29 is 4.74 Å². The van der Waals surface area contributed by atoms with E-state index in [0.29, 0.717) is 0 Å². The fourth-order valence-electron chi connectivity index (χ4n) is 1.36. The van der Waals surface area contributed by atoms with Gasteiger partial charge in [-0.2, -0.15) is 0 Å². The molecule has 122 valence electrons. The molecule has 0 saturated carbocycles. The fraction of sp³-hybridized carbons (Fsp3) is 0.182. The summed E-state index contributed by atoms with van der Waals surface area (Å²) in [5.74, 6) is 0. The third-order valence-corrected chi connectivity index (χ3v) is 2.41. The Hall–Kier alpha value is -2.38. The van der Waals surface area contributed by atoms with E-state index in [9.17, 15) is 0 Å². The fourth-order valence-corrected chi connectivity index (χ4v) is 1.36. The molecule has 3 aromatic carbocycles. The Morgan fingerprint density at radius 1 is 0.348 bits per heavy atom. The normalized spacial score (nSPS) is 8.09. The number of ether oxygens (including phenoxy) is 1. The lowest BCUT2D eigenvalue weighted by Crippen LogP contribution is -1.84. The maximum atomic E-state index is 4.83. The van der Waals surface area contributed by atoms with Crippen LogP contribution in [-0.4, -0.2) is 13.2 Å². The summed E-state index contributed by atoms with van der Waals surface area (Å²) in [5, 5.41) is 0. The molecule has 3 aromatic rings. The average Bonchev–Trinajstić information content (AvgIpc) is 2.68. The minimum Gasteiger partial charge on any atom is -0.382 e. The summed E-state index contributed by atoms with van der Waals surface area (Å²) < 4.78 is 4.83. The third-order valence-electron chi connectivity index (χ3n) is 2.41. The van der Waals surface area contributed by atoms with Crippen molar-refractivity contribution in [3.63, 3.8) is 0 Å². The number of rotatable bonds is 2. The summed E-state index contributed by atoms with van der Waals surface area (Å²) in [7, 11) is 0. The Bertz CT molecular complexity index is 337. The van der Waals surface area contributed by atoms with Crippen molar-refractivity contribution in [3.05, 3.63) is 109 Å². The van der Waals surface area contributed by atoms with Crippen LogP contribution >= 0.6 is 0 Å². The van der Waals surface area contributed by atoms with E-state index in [1.54, 1.807) is 0 Å². The Morgan fingerprint density at radius 2 is 0.478 bits per heavy atom. The summed E-state index contributed by atoms with van der Waals surface area (Å²) in [6.45, 7) is 5.67. The lowest BCUT2D eigenvalue weighted by molar-refractivity contribution is 0.162. The smallest absolute Gasteiger partial charge is 0.0437 e. The van der Waals surface area contributed by atoms with Gasteiger partial charge in [-0.15, -0.1) is 0 Å². The molecular formula is C22H28O. The Labute approximate surface area is 141 Å². The average molecular weight is 308 g/mol. The van der Waals surface area contributed by atoms with Crippen molar-refractivity contribution in [3.8, 4) is 0 Å². The highest BCUT2D eigenvalue weighted by molar-refractivity contribution is 5.00. The molecule has 0 aliphatic heterocycles. The quantitative estimate of drug-likeness (QED) is 0.555. The topological polar surface area (TPSA) is 9.23 Å². The van der Waals surface area contributed by atoms with Gasteiger partial charge in [-0.05, 0) is 13.8 Å². The van der Waals surface area contributed by atoms with Crippen LogP contribution in [0.25, 0.3) is 0 Å². The minimum absolute atomic E-state index is 0.844. The van der Waals surface area contributed by atoms with E-state index in [1.807, 2.05) is 123 Å². The van der Waals surface area contributed by atoms with Crippen LogP contribution in [0.4, 0.5) is 0 Å². The van der Waals surface area contributed by atoms with Crippen LogP contribution in [0.15, 0.2) is 109 Å². The summed E-state index contributed by atoms with van der Waals surface area (Å²) >= 11 is 0. The van der Waals surface area contributed by atoms with Gasteiger partial charge in [0, 0.05) is 13.2 Å². The second-order valence-electron chi connectivity index (χ2n) is 4.25.